The molecule has 4 rings (SSSR count). The van der Waals surface area contributed by atoms with E-state index in [4.69, 9.17) is 0 Å². The zero-order valence-corrected chi connectivity index (χ0v) is 15.0. The van der Waals surface area contributed by atoms with E-state index in [0.29, 0.717) is 18.8 Å². The molecular weight excluding hydrogens is 340 g/mol. The van der Waals surface area contributed by atoms with Gasteiger partial charge < -0.3 is 10.3 Å². The molecule has 2 atom stereocenters. The van der Waals surface area contributed by atoms with E-state index in [-0.39, 0.29) is 17.4 Å². The molecule has 25 heavy (non-hydrogen) atoms. The second-order valence-corrected chi connectivity index (χ2v) is 9.06. The molecule has 2 aliphatic rings. The number of nitrogens with one attached hydrogen (secondary N) is 2. The quantitative estimate of drug-likeness (QED) is 0.861. The van der Waals surface area contributed by atoms with Crippen molar-refractivity contribution in [2.45, 2.75) is 31.2 Å². The van der Waals surface area contributed by atoms with Crippen molar-refractivity contribution in [1.82, 2.24) is 19.6 Å². The number of sulfonamides is 1. The van der Waals surface area contributed by atoms with Gasteiger partial charge in [-0.3, -0.25) is 9.78 Å². The normalized spacial score (nSPS) is 26.8. The van der Waals surface area contributed by atoms with Crippen molar-refractivity contribution in [3.8, 4) is 0 Å². The van der Waals surface area contributed by atoms with Crippen LogP contribution in [0.3, 0.4) is 0 Å². The average molecular weight is 362 g/mol. The first-order valence-corrected chi connectivity index (χ1v) is 10.4. The molecule has 0 radical (unpaired) electrons. The maximum Gasteiger partial charge on any atom is 0.267 e. The zero-order valence-electron chi connectivity index (χ0n) is 14.2. The summed E-state index contributed by atoms with van der Waals surface area (Å²) < 4.78 is 25.8. The molecule has 1 spiro atoms. The number of aromatic nitrogens is 2. The molecule has 134 valence electrons. The second-order valence-electron chi connectivity index (χ2n) is 7.15. The topological polar surface area (TPSA) is 95.2 Å². The van der Waals surface area contributed by atoms with Crippen LogP contribution in [0.5, 0.6) is 0 Å². The first kappa shape index (κ1) is 16.5. The Labute approximate surface area is 146 Å². The lowest BCUT2D eigenvalue weighted by atomic mass is 10.0. The molecule has 1 saturated heterocycles. The molecule has 3 heterocycles. The van der Waals surface area contributed by atoms with Gasteiger partial charge in [-0.1, -0.05) is 6.42 Å². The molecule has 2 aromatic heterocycles. The Balaban J connectivity index is 1.43. The summed E-state index contributed by atoms with van der Waals surface area (Å²) in [6.45, 7) is 1.09. The van der Waals surface area contributed by atoms with Gasteiger partial charge in [-0.15, -0.1) is 0 Å². The van der Waals surface area contributed by atoms with Crippen LogP contribution in [0.1, 0.15) is 36.2 Å². The largest absolute Gasteiger partial charge is 0.350 e. The summed E-state index contributed by atoms with van der Waals surface area (Å²) >= 11 is 0. The summed E-state index contributed by atoms with van der Waals surface area (Å²) in [4.78, 5) is 19.5. The van der Waals surface area contributed by atoms with Crippen LogP contribution in [0, 0.1) is 5.92 Å². The molecule has 2 fully saturated rings. The molecule has 1 saturated carbocycles. The fourth-order valence-corrected chi connectivity index (χ4v) is 5.61. The van der Waals surface area contributed by atoms with Crippen molar-refractivity contribution in [1.29, 1.82) is 0 Å². The lowest BCUT2D eigenvalue weighted by Crippen LogP contribution is -2.47. The first-order chi connectivity index (χ1) is 11.9. The van der Waals surface area contributed by atoms with Crippen LogP contribution >= 0.6 is 0 Å². The van der Waals surface area contributed by atoms with Crippen LogP contribution in [0.2, 0.25) is 0 Å². The van der Waals surface area contributed by atoms with E-state index in [2.05, 4.69) is 15.3 Å². The zero-order chi connectivity index (χ0) is 17.7. The number of piperidine rings is 1. The molecule has 2 unspecified atom stereocenters. The summed E-state index contributed by atoms with van der Waals surface area (Å²) in [6, 6.07) is 3.61. The van der Waals surface area contributed by atoms with Crippen LogP contribution in [0.4, 0.5) is 0 Å². The van der Waals surface area contributed by atoms with Gasteiger partial charge in [-0.25, -0.2) is 8.42 Å². The number of hydrogen-bond acceptors (Lipinski definition) is 4. The van der Waals surface area contributed by atoms with E-state index in [1.165, 1.54) is 6.26 Å². The van der Waals surface area contributed by atoms with Crippen LogP contribution in [0.25, 0.3) is 10.9 Å². The molecule has 1 aliphatic carbocycles. The number of fused-ring (bicyclic) bond motifs is 1. The van der Waals surface area contributed by atoms with Crippen LogP contribution in [0.15, 0.2) is 24.5 Å². The lowest BCUT2D eigenvalue weighted by Gasteiger charge is -2.35. The van der Waals surface area contributed by atoms with E-state index in [9.17, 15) is 13.2 Å². The van der Waals surface area contributed by atoms with Gasteiger partial charge in [-0.2, -0.15) is 4.31 Å². The number of nitrogens with zero attached hydrogens (tertiary/aromatic N) is 2. The van der Waals surface area contributed by atoms with E-state index in [1.807, 2.05) is 6.07 Å². The minimum absolute atomic E-state index is 0.167. The Hall–Kier alpha value is -1.93. The number of carbonyl (C=O) groups is 1. The monoisotopic (exact) mass is 362 g/mol. The highest BCUT2D eigenvalue weighted by Gasteiger charge is 2.60. The molecule has 2 aromatic rings. The Morgan fingerprint density at radius 1 is 1.48 bits per heavy atom. The van der Waals surface area contributed by atoms with E-state index < -0.39 is 10.0 Å². The summed E-state index contributed by atoms with van der Waals surface area (Å²) in [6.07, 6.45) is 8.35. The number of pyridine rings is 1. The van der Waals surface area contributed by atoms with Crippen LogP contribution in [-0.4, -0.2) is 53.5 Å². The minimum Gasteiger partial charge on any atom is -0.350 e. The fourth-order valence-electron chi connectivity index (χ4n) is 4.18. The highest BCUT2D eigenvalue weighted by atomic mass is 32.2. The van der Waals surface area contributed by atoms with E-state index >= 15 is 0 Å². The number of hydrogen-bond donors (Lipinski definition) is 2. The number of H-pyrrole nitrogens is 1. The summed E-state index contributed by atoms with van der Waals surface area (Å²) in [5, 5.41) is 3.85. The number of rotatable bonds is 4. The highest BCUT2D eigenvalue weighted by molar-refractivity contribution is 7.88. The predicted molar refractivity (Wildman–Crippen MR) is 94.7 cm³/mol. The molecule has 8 heteroatoms. The predicted octanol–water partition coefficient (Wildman–Crippen LogP) is 1.50. The maximum absolute atomic E-state index is 12.4. The molecule has 2 N–H and O–H groups in total. The average Bonchev–Trinajstić information content (AvgIpc) is 3.06. The van der Waals surface area contributed by atoms with Crippen molar-refractivity contribution in [3.63, 3.8) is 0 Å². The van der Waals surface area contributed by atoms with Gasteiger partial charge in [0.1, 0.15) is 5.69 Å². The number of carbonyl (C=O) groups excluding carboxylic acids is 1. The summed E-state index contributed by atoms with van der Waals surface area (Å²) in [7, 11) is -3.20. The molecule has 1 amide bonds. The summed E-state index contributed by atoms with van der Waals surface area (Å²) in [5.74, 6) is 0.0254. The molecule has 0 aromatic carbocycles. The third-order valence-corrected chi connectivity index (χ3v) is 6.84. The Bertz CT molecular complexity index is 890. The van der Waals surface area contributed by atoms with Gasteiger partial charge in [0, 0.05) is 41.9 Å². The van der Waals surface area contributed by atoms with Crippen molar-refractivity contribution in [3.05, 3.63) is 30.2 Å². The van der Waals surface area contributed by atoms with Gasteiger partial charge in [0.15, 0.2) is 0 Å². The number of aromatic amines is 1. The van der Waals surface area contributed by atoms with Crippen molar-refractivity contribution in [2.75, 3.05) is 19.3 Å². The Morgan fingerprint density at radius 3 is 3.08 bits per heavy atom. The lowest BCUT2D eigenvalue weighted by molar-refractivity contribution is 0.0944. The van der Waals surface area contributed by atoms with Gasteiger partial charge in [0.2, 0.25) is 10.0 Å². The fraction of sp³-hybridized carbons (Fsp3) is 0.529. The molecule has 1 aliphatic heterocycles. The van der Waals surface area contributed by atoms with Gasteiger partial charge >= 0.3 is 0 Å². The second kappa shape index (κ2) is 5.81. The van der Waals surface area contributed by atoms with E-state index in [1.54, 1.807) is 22.8 Å². The minimum atomic E-state index is -3.20. The van der Waals surface area contributed by atoms with E-state index in [0.717, 1.165) is 36.6 Å². The van der Waals surface area contributed by atoms with Crippen molar-refractivity contribution >= 4 is 26.8 Å². The third kappa shape index (κ3) is 2.93. The molecular formula is C17H22N4O3S. The smallest absolute Gasteiger partial charge is 0.267 e. The van der Waals surface area contributed by atoms with Crippen LogP contribution < -0.4 is 5.32 Å². The summed E-state index contributed by atoms with van der Waals surface area (Å²) in [5.41, 5.74) is 1.10. The first-order valence-electron chi connectivity index (χ1n) is 8.59. The Kier molecular flexibility index (Phi) is 3.84. The van der Waals surface area contributed by atoms with Gasteiger partial charge in [0.25, 0.3) is 5.91 Å². The van der Waals surface area contributed by atoms with Gasteiger partial charge in [0.05, 0.1) is 6.26 Å². The maximum atomic E-state index is 12.4. The van der Waals surface area contributed by atoms with Crippen molar-refractivity contribution < 1.29 is 13.2 Å². The SMILES string of the molecule is CS(=O)(=O)N1CCCCC12CC2CNC(=O)c1cc2cnccc2[nH]1. The van der Waals surface area contributed by atoms with Crippen LogP contribution in [-0.2, 0) is 10.0 Å². The Morgan fingerprint density at radius 2 is 2.32 bits per heavy atom. The van der Waals surface area contributed by atoms with Crippen molar-refractivity contribution in [2.24, 2.45) is 5.92 Å². The number of amides is 1. The highest BCUT2D eigenvalue weighted by Crippen LogP contribution is 2.54. The molecule has 0 bridgehead atoms. The standard InChI is InChI=1S/C17H22N4O3S/c1-25(23,24)21-7-3-2-5-17(21)9-13(17)11-19-16(22)15-8-12-10-18-6-4-14(12)20-15/h4,6,8,10,13,20H,2-3,5,7,9,11H2,1H3,(H,19,22). The third-order valence-electron chi connectivity index (χ3n) is 5.49. The molecule has 7 nitrogen and oxygen atoms in total. The van der Waals surface area contributed by atoms with Gasteiger partial charge in [-0.05, 0) is 37.3 Å².